The predicted molar refractivity (Wildman–Crippen MR) is 60.2 cm³/mol. The molecule has 0 aromatic rings. The van der Waals surface area contributed by atoms with Gasteiger partial charge in [0, 0.05) is 32.6 Å². The summed E-state index contributed by atoms with van der Waals surface area (Å²) in [5, 5.41) is 0. The Labute approximate surface area is 90.8 Å². The first-order chi connectivity index (χ1) is 6.71. The van der Waals surface area contributed by atoms with Crippen LogP contribution < -0.4 is 0 Å². The van der Waals surface area contributed by atoms with E-state index >= 15 is 0 Å². The molecule has 2 aliphatic rings. The molecule has 0 aromatic heterocycles. The Morgan fingerprint density at radius 2 is 1.64 bits per heavy atom. The molecule has 3 heteroatoms. The minimum Gasteiger partial charge on any atom is -0.304 e. The van der Waals surface area contributed by atoms with Gasteiger partial charge in [0.05, 0.1) is 0 Å². The summed E-state index contributed by atoms with van der Waals surface area (Å²) in [5.41, 5.74) is 0. The average Bonchev–Trinajstić information content (AvgIpc) is 2.19. The lowest BCUT2D eigenvalue weighted by Crippen LogP contribution is -2.52. The number of likely N-dealkylation sites (N-methyl/N-ethyl adjacent to an activating group) is 1. The van der Waals surface area contributed by atoms with Gasteiger partial charge in [0.15, 0.2) is 0 Å². The molecule has 0 bridgehead atoms. The summed E-state index contributed by atoms with van der Waals surface area (Å²) < 4.78 is 0. The van der Waals surface area contributed by atoms with Crippen LogP contribution in [0.1, 0.15) is 0 Å². The van der Waals surface area contributed by atoms with Crippen molar-refractivity contribution in [2.45, 2.75) is 5.00 Å². The Kier molecular flexibility index (Phi) is 2.96. The molecular weight excluding hydrogens is 196 g/mol. The number of allylic oxidation sites excluding steroid dienone is 2. The van der Waals surface area contributed by atoms with Gasteiger partial charge in [0.25, 0.3) is 0 Å². The molecule has 0 amide bonds. The average molecular weight is 212 g/mol. The number of hydrogen-bond acceptors (Lipinski definition) is 2. The van der Waals surface area contributed by atoms with Crippen molar-refractivity contribution in [2.24, 2.45) is 0 Å². The van der Waals surface area contributed by atoms with Crippen LogP contribution in [0.4, 0.5) is 0 Å². The second kappa shape index (κ2) is 4.05. The van der Waals surface area contributed by atoms with E-state index in [0.717, 1.165) is 26.2 Å². The van der Waals surface area contributed by atoms with Crippen molar-refractivity contribution in [2.75, 3.05) is 33.2 Å². The second-order valence-corrected chi connectivity index (χ2v) is 4.53. The summed E-state index contributed by atoms with van der Waals surface area (Å²) in [6, 6.07) is 0. The summed E-state index contributed by atoms with van der Waals surface area (Å²) in [6.07, 6.45) is 10.2. The fourth-order valence-corrected chi connectivity index (χ4v) is 2.18. The summed E-state index contributed by atoms with van der Waals surface area (Å²) >= 11 is 6.52. The van der Waals surface area contributed by atoms with E-state index in [-0.39, 0.29) is 5.00 Å². The third-order valence-corrected chi connectivity index (χ3v) is 3.36. The topological polar surface area (TPSA) is 6.48 Å². The van der Waals surface area contributed by atoms with Crippen LogP contribution in [-0.4, -0.2) is 48.0 Å². The van der Waals surface area contributed by atoms with Crippen molar-refractivity contribution in [1.82, 2.24) is 9.80 Å². The third-order valence-electron chi connectivity index (χ3n) is 2.87. The van der Waals surface area contributed by atoms with Crippen molar-refractivity contribution >= 4 is 11.6 Å². The zero-order valence-electron chi connectivity index (χ0n) is 8.49. The molecule has 1 aliphatic heterocycles. The van der Waals surface area contributed by atoms with E-state index in [1.54, 1.807) is 0 Å². The van der Waals surface area contributed by atoms with Gasteiger partial charge in [0.1, 0.15) is 5.00 Å². The molecule has 0 saturated carbocycles. The zero-order valence-corrected chi connectivity index (χ0v) is 9.24. The van der Waals surface area contributed by atoms with Gasteiger partial charge in [-0.25, -0.2) is 0 Å². The van der Waals surface area contributed by atoms with Crippen molar-refractivity contribution < 1.29 is 0 Å². The first kappa shape index (κ1) is 10.2. The number of rotatable bonds is 1. The molecule has 1 aliphatic carbocycles. The summed E-state index contributed by atoms with van der Waals surface area (Å²) in [4.78, 5) is 4.27. The van der Waals surface area contributed by atoms with Gasteiger partial charge in [-0.1, -0.05) is 23.8 Å². The molecule has 2 rings (SSSR count). The number of halogens is 1. The number of alkyl halides is 1. The molecule has 1 saturated heterocycles. The molecule has 14 heavy (non-hydrogen) atoms. The SMILES string of the molecule is CN1CCN(C2(Cl)C=C[CH]C=C2)CC1. The van der Waals surface area contributed by atoms with Crippen molar-refractivity contribution in [3.8, 4) is 0 Å². The van der Waals surface area contributed by atoms with Gasteiger partial charge in [-0.15, -0.1) is 0 Å². The molecule has 0 aromatic carbocycles. The molecule has 2 nitrogen and oxygen atoms in total. The van der Waals surface area contributed by atoms with Gasteiger partial charge < -0.3 is 4.90 Å². The molecular formula is C11H16ClN2. The molecule has 0 unspecified atom stereocenters. The highest BCUT2D eigenvalue weighted by Gasteiger charge is 2.31. The van der Waals surface area contributed by atoms with Crippen LogP contribution in [0.2, 0.25) is 0 Å². The standard InChI is InChI=1S/C11H16ClN2/c1-13-7-9-14(10-8-13)11(12)5-3-2-4-6-11/h2-6H,7-10H2,1H3. The van der Waals surface area contributed by atoms with Crippen LogP contribution in [0.3, 0.4) is 0 Å². The molecule has 0 spiro atoms. The highest BCUT2D eigenvalue weighted by Crippen LogP contribution is 2.28. The van der Waals surface area contributed by atoms with Gasteiger partial charge in [-0.3, -0.25) is 4.90 Å². The van der Waals surface area contributed by atoms with Crippen LogP contribution in [0.15, 0.2) is 24.3 Å². The van der Waals surface area contributed by atoms with Crippen molar-refractivity contribution in [3.63, 3.8) is 0 Å². The van der Waals surface area contributed by atoms with Crippen molar-refractivity contribution in [3.05, 3.63) is 30.7 Å². The Morgan fingerprint density at radius 1 is 1.07 bits per heavy atom. The summed E-state index contributed by atoms with van der Waals surface area (Å²) in [5.74, 6) is 0. The monoisotopic (exact) mass is 211 g/mol. The zero-order chi connectivity index (χ0) is 10.0. The maximum absolute atomic E-state index is 6.52. The Hall–Kier alpha value is -0.310. The van der Waals surface area contributed by atoms with Crippen LogP contribution >= 0.6 is 11.6 Å². The van der Waals surface area contributed by atoms with Crippen LogP contribution in [0.25, 0.3) is 0 Å². The van der Waals surface area contributed by atoms with E-state index in [2.05, 4.69) is 29.0 Å². The number of hydrogen-bond donors (Lipinski definition) is 0. The molecule has 0 N–H and O–H groups in total. The second-order valence-electron chi connectivity index (χ2n) is 3.93. The fourth-order valence-electron chi connectivity index (χ4n) is 1.86. The maximum Gasteiger partial charge on any atom is 0.133 e. The molecule has 1 radical (unpaired) electrons. The summed E-state index contributed by atoms with van der Waals surface area (Å²) in [6.45, 7) is 4.27. The maximum atomic E-state index is 6.52. The summed E-state index contributed by atoms with van der Waals surface area (Å²) in [7, 11) is 2.15. The fraction of sp³-hybridized carbons (Fsp3) is 0.545. The van der Waals surface area contributed by atoms with Crippen molar-refractivity contribution in [1.29, 1.82) is 0 Å². The van der Waals surface area contributed by atoms with Crippen LogP contribution in [0, 0.1) is 6.42 Å². The lowest BCUT2D eigenvalue weighted by molar-refractivity contribution is 0.130. The minimum atomic E-state index is -0.379. The molecule has 0 atom stereocenters. The quantitative estimate of drug-likeness (QED) is 0.479. The first-order valence-corrected chi connectivity index (χ1v) is 5.41. The highest BCUT2D eigenvalue weighted by atomic mass is 35.5. The minimum absolute atomic E-state index is 0.379. The van der Waals surface area contributed by atoms with E-state index in [9.17, 15) is 0 Å². The largest absolute Gasteiger partial charge is 0.304 e. The Morgan fingerprint density at radius 3 is 2.21 bits per heavy atom. The van der Waals surface area contributed by atoms with Crippen LogP contribution in [0.5, 0.6) is 0 Å². The smallest absolute Gasteiger partial charge is 0.133 e. The first-order valence-electron chi connectivity index (χ1n) is 5.04. The van der Waals surface area contributed by atoms with Gasteiger partial charge in [-0.05, 0) is 19.2 Å². The number of piperazine rings is 1. The molecule has 77 valence electrons. The lowest BCUT2D eigenvalue weighted by Gasteiger charge is -2.41. The number of nitrogens with zero attached hydrogens (tertiary/aromatic N) is 2. The molecule has 1 heterocycles. The van der Waals surface area contributed by atoms with E-state index in [4.69, 9.17) is 11.6 Å². The normalized spacial score (nSPS) is 28.1. The molecule has 1 fully saturated rings. The Balaban J connectivity index is 2.03. The van der Waals surface area contributed by atoms with Gasteiger partial charge in [0.2, 0.25) is 0 Å². The van der Waals surface area contributed by atoms with Gasteiger partial charge >= 0.3 is 0 Å². The van der Waals surface area contributed by atoms with E-state index < -0.39 is 0 Å². The van der Waals surface area contributed by atoms with E-state index in [1.165, 1.54) is 0 Å². The highest BCUT2D eigenvalue weighted by molar-refractivity contribution is 6.26. The van der Waals surface area contributed by atoms with Gasteiger partial charge in [-0.2, -0.15) is 0 Å². The lowest BCUT2D eigenvalue weighted by atomic mass is 10.1. The van der Waals surface area contributed by atoms with E-state index in [1.807, 2.05) is 18.6 Å². The predicted octanol–water partition coefficient (Wildman–Crippen LogP) is 1.50. The Bertz CT molecular complexity index is 240. The van der Waals surface area contributed by atoms with Crippen LogP contribution in [-0.2, 0) is 0 Å². The third kappa shape index (κ3) is 2.02. The van der Waals surface area contributed by atoms with E-state index in [0.29, 0.717) is 0 Å².